The van der Waals surface area contributed by atoms with E-state index in [1.54, 1.807) is 6.07 Å². The normalized spacial score (nSPS) is 12.4. The maximum atomic E-state index is 13.2. The van der Waals surface area contributed by atoms with E-state index in [0.29, 0.717) is 11.6 Å². The topological polar surface area (TPSA) is 12.0 Å². The minimum absolute atomic E-state index is 0.211. The number of rotatable bonds is 4. The van der Waals surface area contributed by atoms with Crippen LogP contribution in [-0.2, 0) is 6.54 Å². The van der Waals surface area contributed by atoms with Crippen molar-refractivity contribution in [2.24, 2.45) is 0 Å². The van der Waals surface area contributed by atoms with Crippen LogP contribution in [0.15, 0.2) is 42.5 Å². The first-order chi connectivity index (χ1) is 9.06. The molecule has 0 amide bonds. The van der Waals surface area contributed by atoms with Gasteiger partial charge in [0.05, 0.1) is 0 Å². The van der Waals surface area contributed by atoms with Crippen molar-refractivity contribution in [3.8, 4) is 0 Å². The Hall–Kier alpha value is -1.38. The molecule has 0 fully saturated rings. The highest BCUT2D eigenvalue weighted by atomic mass is 35.5. The average Bonchev–Trinajstić information content (AvgIpc) is 2.35. The van der Waals surface area contributed by atoms with E-state index in [0.717, 1.165) is 5.56 Å². The van der Waals surface area contributed by atoms with E-state index in [1.807, 2.05) is 12.1 Å². The number of hydrogen-bond donors (Lipinski definition) is 1. The summed E-state index contributed by atoms with van der Waals surface area (Å²) in [6, 6.07) is 13.1. The summed E-state index contributed by atoms with van der Waals surface area (Å²) in [5, 5.41) is 3.82. The van der Waals surface area contributed by atoms with Crippen LogP contribution in [0.4, 0.5) is 4.39 Å². The van der Waals surface area contributed by atoms with Gasteiger partial charge in [0.1, 0.15) is 5.82 Å². The van der Waals surface area contributed by atoms with Gasteiger partial charge in [-0.1, -0.05) is 35.9 Å². The van der Waals surface area contributed by atoms with E-state index in [2.05, 4.69) is 31.3 Å². The molecule has 0 aliphatic heterocycles. The van der Waals surface area contributed by atoms with Crippen molar-refractivity contribution in [2.45, 2.75) is 26.4 Å². The molecule has 0 unspecified atom stereocenters. The van der Waals surface area contributed by atoms with Crippen LogP contribution in [-0.4, -0.2) is 0 Å². The molecule has 0 aliphatic carbocycles. The summed E-state index contributed by atoms with van der Waals surface area (Å²) in [5.74, 6) is -0.298. The number of hydrogen-bond acceptors (Lipinski definition) is 1. The van der Waals surface area contributed by atoms with Crippen LogP contribution < -0.4 is 5.32 Å². The minimum atomic E-state index is -0.298. The highest BCUT2D eigenvalue weighted by Gasteiger charge is 2.07. The molecule has 100 valence electrons. The predicted molar refractivity (Wildman–Crippen MR) is 77.8 cm³/mol. The lowest BCUT2D eigenvalue weighted by Gasteiger charge is -2.16. The molecule has 0 bridgehead atoms. The van der Waals surface area contributed by atoms with Crippen LogP contribution in [0.2, 0.25) is 5.02 Å². The monoisotopic (exact) mass is 277 g/mol. The minimum Gasteiger partial charge on any atom is -0.306 e. The van der Waals surface area contributed by atoms with Crippen LogP contribution in [0, 0.1) is 12.7 Å². The third kappa shape index (κ3) is 3.79. The van der Waals surface area contributed by atoms with Gasteiger partial charge >= 0.3 is 0 Å². The predicted octanol–water partition coefficient (Wildman–Crippen LogP) is 4.64. The van der Waals surface area contributed by atoms with E-state index >= 15 is 0 Å². The Morgan fingerprint density at radius 1 is 1.21 bits per heavy atom. The highest BCUT2D eigenvalue weighted by molar-refractivity contribution is 6.30. The van der Waals surface area contributed by atoms with Crippen molar-refractivity contribution in [2.75, 3.05) is 0 Å². The smallest absolute Gasteiger partial charge is 0.125 e. The Morgan fingerprint density at radius 2 is 1.95 bits per heavy atom. The van der Waals surface area contributed by atoms with Gasteiger partial charge in [-0.15, -0.1) is 0 Å². The van der Waals surface area contributed by atoms with Crippen molar-refractivity contribution in [3.63, 3.8) is 0 Å². The summed E-state index contributed by atoms with van der Waals surface area (Å²) in [6.07, 6.45) is 0. The fourth-order valence-electron chi connectivity index (χ4n) is 2.17. The zero-order chi connectivity index (χ0) is 13.8. The van der Waals surface area contributed by atoms with Gasteiger partial charge in [-0.05, 0) is 48.7 Å². The van der Waals surface area contributed by atoms with Gasteiger partial charge < -0.3 is 5.32 Å². The summed E-state index contributed by atoms with van der Waals surface area (Å²) >= 11 is 5.84. The number of nitrogens with one attached hydrogen (secondary N) is 1. The molecule has 0 spiro atoms. The summed E-state index contributed by atoms with van der Waals surface area (Å²) in [4.78, 5) is 0. The number of halogens is 2. The molecule has 1 N–H and O–H groups in total. The summed E-state index contributed by atoms with van der Waals surface area (Å²) in [5.41, 5.74) is 3.36. The first-order valence-electron chi connectivity index (χ1n) is 6.30. The lowest BCUT2D eigenvalue weighted by molar-refractivity contribution is 0.567. The molecule has 19 heavy (non-hydrogen) atoms. The molecule has 0 aliphatic rings. The number of aryl methyl sites for hydroxylation is 1. The molecule has 1 nitrogen and oxygen atoms in total. The molecule has 2 aromatic rings. The molecule has 2 aromatic carbocycles. The summed E-state index contributed by atoms with van der Waals surface area (Å²) in [6.45, 7) is 4.78. The third-order valence-corrected chi connectivity index (χ3v) is 3.41. The lowest BCUT2D eigenvalue weighted by atomic mass is 10.0. The van der Waals surface area contributed by atoms with E-state index in [4.69, 9.17) is 11.6 Å². The Kier molecular flexibility index (Phi) is 4.56. The van der Waals surface area contributed by atoms with Gasteiger partial charge in [0.2, 0.25) is 0 Å². The Balaban J connectivity index is 2.04. The van der Waals surface area contributed by atoms with E-state index in [-0.39, 0.29) is 11.9 Å². The SMILES string of the molecule is Cc1ccccc1[C@@H](C)NCc1cc(F)cc(Cl)c1. The molecule has 2 rings (SSSR count). The van der Waals surface area contributed by atoms with Crippen LogP contribution in [0.25, 0.3) is 0 Å². The standard InChI is InChI=1S/C16H17ClFN/c1-11-5-3-4-6-16(11)12(2)19-10-13-7-14(17)9-15(18)8-13/h3-9,12,19H,10H2,1-2H3/t12-/m1/s1. The third-order valence-electron chi connectivity index (χ3n) is 3.19. The maximum absolute atomic E-state index is 13.2. The van der Waals surface area contributed by atoms with Crippen LogP contribution in [0.3, 0.4) is 0 Å². The van der Waals surface area contributed by atoms with Crippen molar-refractivity contribution < 1.29 is 4.39 Å². The molecule has 0 radical (unpaired) electrons. The molecule has 1 atom stereocenters. The zero-order valence-corrected chi connectivity index (χ0v) is 11.8. The van der Waals surface area contributed by atoms with Gasteiger partial charge in [0.15, 0.2) is 0 Å². The summed E-state index contributed by atoms with van der Waals surface area (Å²) < 4.78 is 13.2. The molecule has 0 saturated carbocycles. The average molecular weight is 278 g/mol. The van der Waals surface area contributed by atoms with Gasteiger partial charge in [-0.2, -0.15) is 0 Å². The van der Waals surface area contributed by atoms with Crippen LogP contribution in [0.1, 0.15) is 29.7 Å². The van der Waals surface area contributed by atoms with Gasteiger partial charge in [0, 0.05) is 17.6 Å². The van der Waals surface area contributed by atoms with Crippen molar-refractivity contribution in [1.82, 2.24) is 5.32 Å². The molecule has 3 heteroatoms. The first kappa shape index (κ1) is 14.0. The van der Waals surface area contributed by atoms with E-state index < -0.39 is 0 Å². The first-order valence-corrected chi connectivity index (χ1v) is 6.68. The van der Waals surface area contributed by atoms with Crippen LogP contribution in [0.5, 0.6) is 0 Å². The summed E-state index contributed by atoms with van der Waals surface area (Å²) in [7, 11) is 0. The maximum Gasteiger partial charge on any atom is 0.125 e. The van der Waals surface area contributed by atoms with Crippen LogP contribution >= 0.6 is 11.6 Å². The van der Waals surface area contributed by atoms with Gasteiger partial charge in [0.25, 0.3) is 0 Å². The van der Waals surface area contributed by atoms with Gasteiger partial charge in [-0.25, -0.2) is 4.39 Å². The van der Waals surface area contributed by atoms with Crippen molar-refractivity contribution in [1.29, 1.82) is 0 Å². The molecule has 0 saturated heterocycles. The Bertz CT molecular complexity index is 548. The molecular formula is C16H17ClFN. The Morgan fingerprint density at radius 3 is 2.63 bits per heavy atom. The zero-order valence-electron chi connectivity index (χ0n) is 11.1. The van der Waals surface area contributed by atoms with Crippen molar-refractivity contribution in [3.05, 3.63) is 70.0 Å². The fourth-order valence-corrected chi connectivity index (χ4v) is 2.41. The van der Waals surface area contributed by atoms with E-state index in [9.17, 15) is 4.39 Å². The van der Waals surface area contributed by atoms with E-state index in [1.165, 1.54) is 23.3 Å². The molecule has 0 aromatic heterocycles. The molecule has 0 heterocycles. The van der Waals surface area contributed by atoms with Gasteiger partial charge in [-0.3, -0.25) is 0 Å². The quantitative estimate of drug-likeness (QED) is 0.858. The molecular weight excluding hydrogens is 261 g/mol. The number of benzene rings is 2. The second-order valence-corrected chi connectivity index (χ2v) is 5.17. The highest BCUT2D eigenvalue weighted by Crippen LogP contribution is 2.18. The lowest BCUT2D eigenvalue weighted by Crippen LogP contribution is -2.19. The fraction of sp³-hybridized carbons (Fsp3) is 0.250. The van der Waals surface area contributed by atoms with Crippen molar-refractivity contribution >= 4 is 11.6 Å². The Labute approximate surface area is 118 Å². The largest absolute Gasteiger partial charge is 0.306 e. The second-order valence-electron chi connectivity index (χ2n) is 4.74. The second kappa shape index (κ2) is 6.18.